The van der Waals surface area contributed by atoms with Crippen LogP contribution in [0.15, 0.2) is 16.6 Å². The highest BCUT2D eigenvalue weighted by Gasteiger charge is 2.19. The molecule has 0 amide bonds. The molecule has 0 saturated carbocycles. The Hall–Kier alpha value is -0.850. The van der Waals surface area contributed by atoms with Gasteiger partial charge in [-0.15, -0.1) is 0 Å². The Morgan fingerprint density at radius 3 is 2.57 bits per heavy atom. The van der Waals surface area contributed by atoms with E-state index in [1.54, 1.807) is 7.11 Å². The number of morpholine rings is 1. The minimum Gasteiger partial charge on any atom is -0.493 e. The quantitative estimate of drug-likeness (QED) is 0.756. The third kappa shape index (κ3) is 4.08. The summed E-state index contributed by atoms with van der Waals surface area (Å²) in [5, 5.41) is 0. The second kappa shape index (κ2) is 7.42. The van der Waals surface area contributed by atoms with Crippen molar-refractivity contribution in [1.82, 2.24) is 4.90 Å². The van der Waals surface area contributed by atoms with Gasteiger partial charge in [0.05, 0.1) is 30.9 Å². The molecule has 1 aliphatic heterocycles. The maximum Gasteiger partial charge on any atom is 0.175 e. The highest BCUT2D eigenvalue weighted by atomic mass is 79.9. The molecule has 0 aromatic heterocycles. The van der Waals surface area contributed by atoms with Crippen LogP contribution in [0.25, 0.3) is 0 Å². The first kappa shape index (κ1) is 16.5. The van der Waals surface area contributed by atoms with Crippen molar-refractivity contribution in [2.24, 2.45) is 0 Å². The molecule has 0 spiro atoms. The standard InChI is InChI=1S/C15H20BrNO3S/c1-10(2)20-14-12(16)8-11(9-13(14)18-3)15(21)17-4-6-19-7-5-17/h8-10H,4-7H2,1-3H3. The summed E-state index contributed by atoms with van der Waals surface area (Å²) < 4.78 is 17.5. The van der Waals surface area contributed by atoms with Gasteiger partial charge < -0.3 is 19.1 Å². The van der Waals surface area contributed by atoms with Crippen LogP contribution in [0, 0.1) is 0 Å². The smallest absolute Gasteiger partial charge is 0.175 e. The van der Waals surface area contributed by atoms with Crippen LogP contribution in [0.1, 0.15) is 19.4 Å². The summed E-state index contributed by atoms with van der Waals surface area (Å²) in [5.41, 5.74) is 0.951. The summed E-state index contributed by atoms with van der Waals surface area (Å²) in [4.78, 5) is 2.97. The summed E-state index contributed by atoms with van der Waals surface area (Å²) in [7, 11) is 1.64. The lowest BCUT2D eigenvalue weighted by Gasteiger charge is -2.29. The van der Waals surface area contributed by atoms with E-state index in [4.69, 9.17) is 26.4 Å². The van der Waals surface area contributed by atoms with Crippen molar-refractivity contribution >= 4 is 33.1 Å². The van der Waals surface area contributed by atoms with E-state index in [2.05, 4.69) is 20.8 Å². The molecule has 0 N–H and O–H groups in total. The molecule has 1 fully saturated rings. The Bertz CT molecular complexity index is 516. The predicted octanol–water partition coefficient (Wildman–Crippen LogP) is 3.25. The number of methoxy groups -OCH3 is 1. The normalized spacial score (nSPS) is 15.2. The summed E-state index contributed by atoms with van der Waals surface area (Å²) in [5.74, 6) is 1.39. The molecule has 1 aromatic carbocycles. The van der Waals surface area contributed by atoms with Crippen LogP contribution in [-0.2, 0) is 4.74 Å². The second-order valence-corrected chi connectivity index (χ2v) is 6.30. The fraction of sp³-hybridized carbons (Fsp3) is 0.533. The van der Waals surface area contributed by atoms with Gasteiger partial charge in [-0.25, -0.2) is 0 Å². The van der Waals surface area contributed by atoms with E-state index in [0.29, 0.717) is 24.7 Å². The highest BCUT2D eigenvalue weighted by molar-refractivity contribution is 9.10. The summed E-state index contributed by atoms with van der Waals surface area (Å²) in [6.45, 7) is 7.04. The third-order valence-electron chi connectivity index (χ3n) is 3.13. The lowest BCUT2D eigenvalue weighted by atomic mass is 10.1. The summed E-state index contributed by atoms with van der Waals surface area (Å²) in [6, 6.07) is 3.91. The zero-order valence-corrected chi connectivity index (χ0v) is 14.9. The van der Waals surface area contributed by atoms with Crippen molar-refractivity contribution in [3.8, 4) is 11.5 Å². The van der Waals surface area contributed by atoms with Crippen LogP contribution < -0.4 is 9.47 Å². The predicted molar refractivity (Wildman–Crippen MR) is 90.6 cm³/mol. The fourth-order valence-electron chi connectivity index (χ4n) is 2.14. The Balaban J connectivity index is 2.28. The van der Waals surface area contributed by atoms with Gasteiger partial charge in [0, 0.05) is 18.7 Å². The van der Waals surface area contributed by atoms with Crippen LogP contribution in [-0.4, -0.2) is 49.4 Å². The fourth-order valence-corrected chi connectivity index (χ4v) is 2.98. The molecule has 6 heteroatoms. The first-order valence-electron chi connectivity index (χ1n) is 6.94. The van der Waals surface area contributed by atoms with Gasteiger partial charge >= 0.3 is 0 Å². The highest BCUT2D eigenvalue weighted by Crippen LogP contribution is 2.37. The maximum atomic E-state index is 5.80. The van der Waals surface area contributed by atoms with E-state index in [-0.39, 0.29) is 6.10 Å². The first-order valence-corrected chi connectivity index (χ1v) is 8.14. The Morgan fingerprint density at radius 1 is 1.33 bits per heavy atom. The monoisotopic (exact) mass is 373 g/mol. The number of ether oxygens (including phenoxy) is 3. The van der Waals surface area contributed by atoms with Crippen LogP contribution in [0.4, 0.5) is 0 Å². The van der Waals surface area contributed by atoms with Gasteiger partial charge in [-0.05, 0) is 41.9 Å². The number of nitrogens with zero attached hydrogens (tertiary/aromatic N) is 1. The van der Waals surface area contributed by atoms with Crippen molar-refractivity contribution in [3.05, 3.63) is 22.2 Å². The zero-order valence-electron chi connectivity index (χ0n) is 12.5. The average Bonchev–Trinajstić information content (AvgIpc) is 2.48. The van der Waals surface area contributed by atoms with Crippen LogP contribution in [0.5, 0.6) is 11.5 Å². The average molecular weight is 374 g/mol. The van der Waals surface area contributed by atoms with Crippen molar-refractivity contribution in [2.45, 2.75) is 20.0 Å². The van der Waals surface area contributed by atoms with Gasteiger partial charge in [-0.1, -0.05) is 12.2 Å². The van der Waals surface area contributed by atoms with Crippen molar-refractivity contribution in [2.75, 3.05) is 33.4 Å². The third-order valence-corrected chi connectivity index (χ3v) is 4.21. The molecule has 0 bridgehead atoms. The lowest BCUT2D eigenvalue weighted by molar-refractivity contribution is 0.0693. The topological polar surface area (TPSA) is 30.9 Å². The number of thiocarbonyl (C=S) groups is 1. The number of hydrogen-bond acceptors (Lipinski definition) is 4. The van der Waals surface area contributed by atoms with Gasteiger partial charge in [0.2, 0.25) is 0 Å². The van der Waals surface area contributed by atoms with Crippen LogP contribution in [0.2, 0.25) is 0 Å². The number of rotatable bonds is 4. The first-order chi connectivity index (χ1) is 10.0. The largest absolute Gasteiger partial charge is 0.493 e. The molecule has 0 radical (unpaired) electrons. The molecule has 1 aliphatic rings. The molecule has 1 saturated heterocycles. The molecule has 2 rings (SSSR count). The molecule has 1 aromatic rings. The molecule has 0 atom stereocenters. The van der Waals surface area contributed by atoms with E-state index in [1.165, 1.54) is 0 Å². The molecule has 1 heterocycles. The van der Waals surface area contributed by atoms with Gasteiger partial charge in [-0.2, -0.15) is 0 Å². The van der Waals surface area contributed by atoms with E-state index in [9.17, 15) is 0 Å². The summed E-state index contributed by atoms with van der Waals surface area (Å²) in [6.07, 6.45) is 0.0762. The summed E-state index contributed by atoms with van der Waals surface area (Å²) >= 11 is 9.14. The minimum atomic E-state index is 0.0762. The Morgan fingerprint density at radius 2 is 2.00 bits per heavy atom. The second-order valence-electron chi connectivity index (χ2n) is 5.06. The molecular weight excluding hydrogens is 354 g/mol. The molecule has 0 unspecified atom stereocenters. The van der Waals surface area contributed by atoms with Crippen molar-refractivity contribution in [3.63, 3.8) is 0 Å². The van der Waals surface area contributed by atoms with E-state index >= 15 is 0 Å². The van der Waals surface area contributed by atoms with E-state index in [0.717, 1.165) is 28.1 Å². The number of benzene rings is 1. The van der Waals surface area contributed by atoms with Crippen molar-refractivity contribution < 1.29 is 14.2 Å². The van der Waals surface area contributed by atoms with Gasteiger partial charge in [0.25, 0.3) is 0 Å². The van der Waals surface area contributed by atoms with Crippen molar-refractivity contribution in [1.29, 1.82) is 0 Å². The maximum absolute atomic E-state index is 5.80. The van der Waals surface area contributed by atoms with E-state index < -0.39 is 0 Å². The number of hydrogen-bond donors (Lipinski definition) is 0. The lowest BCUT2D eigenvalue weighted by Crippen LogP contribution is -2.40. The van der Waals surface area contributed by atoms with Gasteiger partial charge in [0.15, 0.2) is 11.5 Å². The Labute approximate surface area is 139 Å². The Kier molecular flexibility index (Phi) is 5.84. The molecule has 4 nitrogen and oxygen atoms in total. The zero-order chi connectivity index (χ0) is 15.4. The molecule has 0 aliphatic carbocycles. The molecular formula is C15H20BrNO3S. The minimum absolute atomic E-state index is 0.0762. The van der Waals surface area contributed by atoms with Crippen LogP contribution in [0.3, 0.4) is 0 Å². The molecule has 21 heavy (non-hydrogen) atoms. The molecule has 116 valence electrons. The van der Waals surface area contributed by atoms with Gasteiger partial charge in [-0.3, -0.25) is 0 Å². The van der Waals surface area contributed by atoms with Gasteiger partial charge in [0.1, 0.15) is 4.99 Å². The SMILES string of the molecule is COc1cc(C(=S)N2CCOCC2)cc(Br)c1OC(C)C. The van der Waals surface area contributed by atoms with Crippen LogP contribution >= 0.6 is 28.1 Å². The number of halogens is 1. The van der Waals surface area contributed by atoms with E-state index in [1.807, 2.05) is 26.0 Å².